The van der Waals surface area contributed by atoms with Crippen LogP contribution in [-0.2, 0) is 29.1 Å². The quantitative estimate of drug-likeness (QED) is 0.0384. The number of carbonyl (C=O) groups excluding carboxylic acids is 2. The molecule has 12 N–H and O–H groups in total. The summed E-state index contributed by atoms with van der Waals surface area (Å²) >= 11 is 0. The predicted octanol–water partition coefficient (Wildman–Crippen LogP) is 9.59. The first kappa shape index (κ1) is 59.8. The number of rotatable bonds is 10. The maximum atomic E-state index is 14.1. The summed E-state index contributed by atoms with van der Waals surface area (Å²) in [5.41, 5.74) is 28.7. The summed E-state index contributed by atoms with van der Waals surface area (Å²) in [6.07, 6.45) is 13.4. The third kappa shape index (κ3) is 17.3. The Balaban J connectivity index is 0.000000235. The fourth-order valence-corrected chi connectivity index (χ4v) is 8.76. The molecule has 2 aliphatic carbocycles. The van der Waals surface area contributed by atoms with Crippen molar-refractivity contribution in [2.75, 3.05) is 36.2 Å². The van der Waals surface area contributed by atoms with Gasteiger partial charge in [0.15, 0.2) is 23.3 Å². The lowest BCUT2D eigenvalue weighted by Gasteiger charge is -2.26. The summed E-state index contributed by atoms with van der Waals surface area (Å²) in [5, 5.41) is 3.01. The Bertz CT molecular complexity index is 2800. The van der Waals surface area contributed by atoms with Gasteiger partial charge in [0, 0.05) is 63.1 Å². The number of carbonyl (C=O) groups is 2. The molecule has 8 rings (SSSR count). The molecule has 4 aromatic rings. The van der Waals surface area contributed by atoms with Gasteiger partial charge in [-0.25, -0.2) is 42.4 Å². The van der Waals surface area contributed by atoms with E-state index < -0.39 is 52.8 Å². The SMILES string of the molecule is CC.N/C(=C1/CN(C(=O)CC(N)Cc2cc(F)c(F)cc2F)Cc2ccccc2N1N)c1ccc(F)cc1.NC(CC(=O)N1CCN(N)c2ccccc2C1)CC1=CC(F)=C(F)C=C(F)C1.NCC1/C=C\C/C=C\CC1. The van der Waals surface area contributed by atoms with E-state index in [0.717, 1.165) is 41.9 Å². The number of halogens is 7. The second-order valence-electron chi connectivity index (χ2n) is 18.4. The van der Waals surface area contributed by atoms with E-state index in [2.05, 4.69) is 24.3 Å². The van der Waals surface area contributed by atoms with Crippen LogP contribution in [0.2, 0.25) is 0 Å². The zero-order valence-corrected chi connectivity index (χ0v) is 42.9. The van der Waals surface area contributed by atoms with Crippen LogP contribution in [0.3, 0.4) is 0 Å². The molecule has 0 bridgehead atoms. The molecule has 3 unspecified atom stereocenters. The van der Waals surface area contributed by atoms with Crippen LogP contribution < -0.4 is 44.6 Å². The van der Waals surface area contributed by atoms with Gasteiger partial charge in [-0.1, -0.05) is 80.1 Å². The molecule has 4 aliphatic rings. The van der Waals surface area contributed by atoms with Crippen molar-refractivity contribution in [3.63, 3.8) is 0 Å². The van der Waals surface area contributed by atoms with Crippen molar-refractivity contribution in [1.82, 2.24) is 9.80 Å². The lowest BCUT2D eigenvalue weighted by Crippen LogP contribution is -2.40. The second kappa shape index (κ2) is 29.3. The molecule has 0 fully saturated rings. The van der Waals surface area contributed by atoms with E-state index in [1.54, 1.807) is 22.0 Å². The van der Waals surface area contributed by atoms with Crippen LogP contribution in [-0.4, -0.2) is 59.9 Å². The molecule has 408 valence electrons. The van der Waals surface area contributed by atoms with Gasteiger partial charge in [0.1, 0.15) is 17.5 Å². The summed E-state index contributed by atoms with van der Waals surface area (Å²) in [4.78, 5) is 29.2. The summed E-state index contributed by atoms with van der Waals surface area (Å²) in [6, 6.07) is 20.1. The van der Waals surface area contributed by atoms with Gasteiger partial charge in [-0.2, -0.15) is 0 Å². The average Bonchev–Trinajstić information content (AvgIpc) is 3.72. The summed E-state index contributed by atoms with van der Waals surface area (Å²) < 4.78 is 94.7. The maximum absolute atomic E-state index is 14.1. The number of para-hydroxylation sites is 2. The summed E-state index contributed by atoms with van der Waals surface area (Å²) in [6.45, 7) is 6.37. The van der Waals surface area contributed by atoms with Gasteiger partial charge in [0.05, 0.1) is 35.9 Å². The average molecular weight is 1060 g/mol. The lowest BCUT2D eigenvalue weighted by molar-refractivity contribution is -0.132. The van der Waals surface area contributed by atoms with Gasteiger partial charge in [-0.3, -0.25) is 14.6 Å². The Hall–Kier alpha value is -7.03. The number of fused-ring (bicyclic) bond motifs is 2. The van der Waals surface area contributed by atoms with Crippen LogP contribution in [0.1, 0.15) is 81.0 Å². The number of hydrogen-bond donors (Lipinski definition) is 6. The predicted molar refractivity (Wildman–Crippen MR) is 286 cm³/mol. The van der Waals surface area contributed by atoms with Gasteiger partial charge >= 0.3 is 0 Å². The number of benzene rings is 4. The first-order valence-electron chi connectivity index (χ1n) is 25.2. The van der Waals surface area contributed by atoms with Crippen LogP contribution in [0.25, 0.3) is 5.70 Å². The van der Waals surface area contributed by atoms with E-state index in [9.17, 15) is 40.3 Å². The Morgan fingerprint density at radius 1 is 0.671 bits per heavy atom. The van der Waals surface area contributed by atoms with E-state index in [0.29, 0.717) is 60.2 Å². The largest absolute Gasteiger partial charge is 0.397 e. The van der Waals surface area contributed by atoms with E-state index >= 15 is 0 Å². The minimum atomic E-state index is -1.30. The molecule has 0 saturated carbocycles. The van der Waals surface area contributed by atoms with Crippen LogP contribution in [0.15, 0.2) is 150 Å². The molecule has 0 radical (unpaired) electrons. The summed E-state index contributed by atoms with van der Waals surface area (Å²) in [7, 11) is 0. The number of nitrogens with two attached hydrogens (primary N) is 6. The highest BCUT2D eigenvalue weighted by Gasteiger charge is 2.29. The van der Waals surface area contributed by atoms with E-state index in [-0.39, 0.29) is 68.3 Å². The maximum Gasteiger partial charge on any atom is 0.224 e. The summed E-state index contributed by atoms with van der Waals surface area (Å²) in [5.74, 6) is 5.55. The molecular formula is C57H69F7N10O2. The van der Waals surface area contributed by atoms with Crippen molar-refractivity contribution in [3.05, 3.63) is 196 Å². The Morgan fingerprint density at radius 2 is 1.26 bits per heavy atom. The van der Waals surface area contributed by atoms with Crippen LogP contribution >= 0.6 is 0 Å². The van der Waals surface area contributed by atoms with Crippen molar-refractivity contribution in [2.24, 2.45) is 40.5 Å². The third-order valence-corrected chi connectivity index (χ3v) is 12.8. The molecule has 2 amide bonds. The Labute approximate surface area is 440 Å². The molecule has 2 aliphatic heterocycles. The van der Waals surface area contributed by atoms with Gasteiger partial charge in [-0.15, -0.1) is 0 Å². The molecule has 0 saturated heterocycles. The van der Waals surface area contributed by atoms with Crippen LogP contribution in [0.4, 0.5) is 42.1 Å². The molecule has 2 heterocycles. The van der Waals surface area contributed by atoms with E-state index in [1.165, 1.54) is 47.0 Å². The molecular weight excluding hydrogens is 990 g/mol. The number of allylic oxidation sites excluding steroid dienone is 8. The number of amides is 2. The second-order valence-corrected chi connectivity index (χ2v) is 18.4. The zero-order valence-electron chi connectivity index (χ0n) is 42.9. The molecule has 4 aromatic carbocycles. The van der Waals surface area contributed by atoms with E-state index in [4.69, 9.17) is 34.6 Å². The first-order chi connectivity index (χ1) is 36.4. The lowest BCUT2D eigenvalue weighted by atomic mass is 10.00. The minimum absolute atomic E-state index is 0.0171. The van der Waals surface area contributed by atoms with Crippen LogP contribution in [0, 0.1) is 29.2 Å². The number of anilines is 2. The topological polar surface area (TPSA) is 203 Å². The zero-order chi connectivity index (χ0) is 55.5. The molecule has 0 aromatic heterocycles. The fraction of sp³-hybridized carbons (Fsp3) is 0.333. The van der Waals surface area contributed by atoms with Crippen LogP contribution in [0.5, 0.6) is 0 Å². The normalized spacial score (nSPS) is 18.7. The number of nitrogens with zero attached hydrogens (tertiary/aromatic N) is 4. The fourth-order valence-electron chi connectivity index (χ4n) is 8.76. The van der Waals surface area contributed by atoms with E-state index in [1.807, 2.05) is 50.2 Å². The molecule has 3 atom stereocenters. The monoisotopic (exact) mass is 1060 g/mol. The van der Waals surface area contributed by atoms with Gasteiger partial charge in [0.2, 0.25) is 11.8 Å². The Kier molecular flexibility index (Phi) is 23.1. The smallest absolute Gasteiger partial charge is 0.224 e. The number of hydrazine groups is 2. The molecule has 12 nitrogen and oxygen atoms in total. The highest BCUT2D eigenvalue weighted by Crippen LogP contribution is 2.32. The number of hydrogen-bond acceptors (Lipinski definition) is 10. The minimum Gasteiger partial charge on any atom is -0.397 e. The Morgan fingerprint density at radius 3 is 1.95 bits per heavy atom. The van der Waals surface area contributed by atoms with Crippen molar-refractivity contribution in [3.8, 4) is 0 Å². The highest BCUT2D eigenvalue weighted by atomic mass is 19.2. The van der Waals surface area contributed by atoms with Gasteiger partial charge in [0.25, 0.3) is 0 Å². The first-order valence-corrected chi connectivity index (χ1v) is 25.2. The van der Waals surface area contributed by atoms with Gasteiger partial charge in [-0.05, 0) is 115 Å². The van der Waals surface area contributed by atoms with Crippen molar-refractivity contribution >= 4 is 28.9 Å². The standard InChI is InChI=1S/C26H25F4N5O.C20H23F3N4O.C9H15N.C2H6/c27-18-7-5-15(6-8-18)26(32)24-14-34(13-16-3-1-2-4-23(16)35(24)33)25(36)11-19(31)9-17-10-21(29)22(30)12-20(17)28;21-15-7-13(9-17(22)18(23)10-15)8-16(24)11-20(28)26-5-6-27(25)19-4-2-1-3-14(19)12-26;10-8-9-6-4-2-1-3-5-7-9;1-2/h1-8,10,12,19H,9,11,13-14,31-33H2;1-4,9-10,16H,5-8,11-12,24-25H2;1-2,5,7,9H,3-4,6,8,10H2;1-2H3/b26-24-;;2-1-,7-5-;. The van der Waals surface area contributed by atoms with Crippen molar-refractivity contribution < 1.29 is 40.3 Å². The third-order valence-electron chi connectivity index (χ3n) is 12.8. The molecule has 76 heavy (non-hydrogen) atoms. The van der Waals surface area contributed by atoms with Crippen molar-refractivity contribution in [1.29, 1.82) is 0 Å². The highest BCUT2D eigenvalue weighted by molar-refractivity contribution is 5.80. The molecule has 19 heteroatoms. The van der Waals surface area contributed by atoms with Crippen molar-refractivity contribution in [2.45, 2.75) is 90.4 Å². The van der Waals surface area contributed by atoms with Gasteiger partial charge < -0.3 is 37.7 Å². The molecule has 0 spiro atoms.